The van der Waals surface area contributed by atoms with Crippen LogP contribution in [-0.2, 0) is 5.54 Å². The Labute approximate surface area is 98.1 Å². The first kappa shape index (κ1) is 10.4. The largest absolute Gasteiger partial charge is 0.381 e. The van der Waals surface area contributed by atoms with Crippen molar-refractivity contribution < 1.29 is 5.11 Å². The van der Waals surface area contributed by atoms with Crippen LogP contribution in [0, 0.1) is 0 Å². The Bertz CT molecular complexity index is 351. The zero-order valence-corrected chi connectivity index (χ0v) is 10.5. The summed E-state index contributed by atoms with van der Waals surface area (Å²) in [5.41, 5.74) is 2.60. The highest BCUT2D eigenvalue weighted by Crippen LogP contribution is 2.48. The summed E-state index contributed by atoms with van der Waals surface area (Å²) in [5.74, 6) is 0. The number of hydrogen-bond acceptors (Lipinski definition) is 2. The molecule has 0 fully saturated rings. The molecule has 1 aliphatic heterocycles. The molecule has 1 aromatic rings. The van der Waals surface area contributed by atoms with Crippen LogP contribution in [0.25, 0.3) is 0 Å². The van der Waals surface area contributed by atoms with Gasteiger partial charge in [-0.15, -0.1) is 0 Å². The van der Waals surface area contributed by atoms with E-state index in [0.29, 0.717) is 0 Å². The Morgan fingerprint density at radius 3 is 2.64 bits per heavy atom. The summed E-state index contributed by atoms with van der Waals surface area (Å²) in [6.45, 7) is 4.41. The van der Waals surface area contributed by atoms with Crippen molar-refractivity contribution in [1.82, 2.24) is 4.90 Å². The molecule has 1 aromatic carbocycles. The maximum atomic E-state index is 9.37. The smallest absolute Gasteiger partial charge is 0.0974 e. The molecule has 0 saturated heterocycles. The van der Waals surface area contributed by atoms with Crippen molar-refractivity contribution in [2.24, 2.45) is 0 Å². The Hall–Kier alpha value is -0.130. The number of aliphatic hydroxyl groups is 1. The van der Waals surface area contributed by atoms with Gasteiger partial charge in [-0.2, -0.15) is 0 Å². The summed E-state index contributed by atoms with van der Waals surface area (Å²) in [6.07, 6.45) is 0. The number of halogens is 1. The Balaban J connectivity index is 2.55. The van der Waals surface area contributed by atoms with E-state index < -0.39 is 0 Å². The zero-order valence-electron chi connectivity index (χ0n) is 8.37. The minimum absolute atomic E-state index is 0.0583. The molecule has 1 atom stereocenters. The third kappa shape index (κ3) is 1.30. The predicted molar refractivity (Wildman–Crippen MR) is 65.2 cm³/mol. The molecule has 1 heterocycles. The van der Waals surface area contributed by atoms with E-state index in [1.807, 2.05) is 0 Å². The molecule has 2 rings (SSSR count). The van der Waals surface area contributed by atoms with Gasteiger partial charge in [0.05, 0.1) is 10.8 Å². The minimum atomic E-state index is -0.0583. The second-order valence-corrected chi connectivity index (χ2v) is 5.27. The van der Waals surface area contributed by atoms with Crippen molar-refractivity contribution >= 4 is 22.6 Å². The maximum Gasteiger partial charge on any atom is 0.0974 e. The van der Waals surface area contributed by atoms with E-state index in [-0.39, 0.29) is 16.3 Å². The average molecular weight is 303 g/mol. The Kier molecular flexibility index (Phi) is 2.57. The topological polar surface area (TPSA) is 23.5 Å². The van der Waals surface area contributed by atoms with Gasteiger partial charge < -0.3 is 5.11 Å². The normalized spacial score (nSPS) is 25.0. The van der Waals surface area contributed by atoms with Crippen molar-refractivity contribution in [3.05, 3.63) is 35.4 Å². The lowest BCUT2D eigenvalue weighted by Crippen LogP contribution is -2.36. The van der Waals surface area contributed by atoms with Crippen LogP contribution in [-0.4, -0.2) is 16.7 Å². The molecule has 0 radical (unpaired) electrons. The number of benzene rings is 1. The van der Waals surface area contributed by atoms with E-state index in [1.54, 1.807) is 0 Å². The van der Waals surface area contributed by atoms with Crippen LogP contribution in [0.1, 0.15) is 29.0 Å². The molecule has 2 nitrogen and oxygen atoms in total. The second kappa shape index (κ2) is 3.47. The van der Waals surface area contributed by atoms with Crippen molar-refractivity contribution in [2.75, 3.05) is 6.73 Å². The highest BCUT2D eigenvalue weighted by Gasteiger charge is 2.41. The van der Waals surface area contributed by atoms with Gasteiger partial charge in [-0.25, -0.2) is 0 Å². The molecule has 0 spiro atoms. The first-order valence-corrected chi connectivity index (χ1v) is 5.94. The third-order valence-electron chi connectivity index (χ3n) is 3.02. The fraction of sp³-hybridized carbons (Fsp3) is 0.455. The Morgan fingerprint density at radius 2 is 2.07 bits per heavy atom. The number of rotatable bonds is 1. The van der Waals surface area contributed by atoms with E-state index in [1.165, 1.54) is 11.1 Å². The first-order valence-electron chi connectivity index (χ1n) is 4.70. The molecular formula is C11H14INO. The summed E-state index contributed by atoms with van der Waals surface area (Å²) in [5, 5.41) is 9.37. The lowest BCUT2D eigenvalue weighted by molar-refractivity contribution is 0.0324. The van der Waals surface area contributed by atoms with Crippen molar-refractivity contribution in [2.45, 2.75) is 23.4 Å². The van der Waals surface area contributed by atoms with E-state index in [0.717, 1.165) is 0 Å². The molecule has 0 aliphatic carbocycles. The molecule has 1 N–H and O–H groups in total. The zero-order chi connectivity index (χ0) is 10.3. The van der Waals surface area contributed by atoms with Gasteiger partial charge in [0.1, 0.15) is 0 Å². The molecule has 0 aromatic heterocycles. The van der Waals surface area contributed by atoms with E-state index in [4.69, 9.17) is 0 Å². The van der Waals surface area contributed by atoms with Crippen LogP contribution in [0.4, 0.5) is 0 Å². The summed E-state index contributed by atoms with van der Waals surface area (Å²) in [7, 11) is 0. The van der Waals surface area contributed by atoms with Gasteiger partial charge in [0.2, 0.25) is 0 Å². The SMILES string of the molecule is CC1(C)c2ccccc2C(I)N1CO. The summed E-state index contributed by atoms with van der Waals surface area (Å²) in [6, 6.07) is 8.41. The highest BCUT2D eigenvalue weighted by molar-refractivity contribution is 14.1. The molecule has 3 heteroatoms. The van der Waals surface area contributed by atoms with Crippen molar-refractivity contribution in [1.29, 1.82) is 0 Å². The van der Waals surface area contributed by atoms with Crippen LogP contribution < -0.4 is 0 Å². The molecular weight excluding hydrogens is 289 g/mol. The first-order chi connectivity index (χ1) is 6.59. The molecule has 76 valence electrons. The van der Waals surface area contributed by atoms with Crippen LogP contribution in [0.5, 0.6) is 0 Å². The fourth-order valence-electron chi connectivity index (χ4n) is 2.12. The molecule has 0 amide bonds. The van der Waals surface area contributed by atoms with Gasteiger partial charge in [0.15, 0.2) is 0 Å². The summed E-state index contributed by atoms with van der Waals surface area (Å²) in [4.78, 5) is 2.10. The second-order valence-electron chi connectivity index (χ2n) is 4.09. The number of alkyl halides is 1. The van der Waals surface area contributed by atoms with E-state index in [2.05, 4.69) is 65.6 Å². The fourth-order valence-corrected chi connectivity index (χ4v) is 3.53. The van der Waals surface area contributed by atoms with Crippen molar-refractivity contribution in [3.63, 3.8) is 0 Å². The van der Waals surface area contributed by atoms with E-state index in [9.17, 15) is 5.11 Å². The van der Waals surface area contributed by atoms with Crippen LogP contribution in [0.2, 0.25) is 0 Å². The summed E-state index contributed by atoms with van der Waals surface area (Å²) < 4.78 is 0.281. The summed E-state index contributed by atoms with van der Waals surface area (Å²) >= 11 is 2.38. The number of hydrogen-bond donors (Lipinski definition) is 1. The molecule has 1 aliphatic rings. The lowest BCUT2D eigenvalue weighted by Gasteiger charge is -2.32. The number of aliphatic hydroxyl groups excluding tert-OH is 1. The molecule has 0 bridgehead atoms. The molecule has 0 saturated carbocycles. The molecule has 1 unspecified atom stereocenters. The Morgan fingerprint density at radius 1 is 1.43 bits per heavy atom. The van der Waals surface area contributed by atoms with Gasteiger partial charge in [0, 0.05) is 5.54 Å². The number of nitrogens with zero attached hydrogens (tertiary/aromatic N) is 1. The van der Waals surface area contributed by atoms with Gasteiger partial charge in [-0.05, 0) is 25.0 Å². The predicted octanol–water partition coefficient (Wildman–Crippen LogP) is 2.62. The third-order valence-corrected chi connectivity index (χ3v) is 4.36. The minimum Gasteiger partial charge on any atom is -0.381 e. The lowest BCUT2D eigenvalue weighted by atomic mass is 9.94. The standard InChI is InChI=1S/C11H14INO/c1-11(2)9-6-4-3-5-8(9)10(12)13(11)7-14/h3-6,10,14H,7H2,1-2H3. The van der Waals surface area contributed by atoms with Crippen molar-refractivity contribution in [3.8, 4) is 0 Å². The van der Waals surface area contributed by atoms with Crippen LogP contribution in [0.3, 0.4) is 0 Å². The van der Waals surface area contributed by atoms with Gasteiger partial charge in [-0.1, -0.05) is 46.9 Å². The highest BCUT2D eigenvalue weighted by atomic mass is 127. The van der Waals surface area contributed by atoms with Gasteiger partial charge in [0.25, 0.3) is 0 Å². The van der Waals surface area contributed by atoms with Gasteiger partial charge in [-0.3, -0.25) is 4.90 Å². The maximum absolute atomic E-state index is 9.37. The quantitative estimate of drug-likeness (QED) is 0.490. The molecule has 14 heavy (non-hydrogen) atoms. The van der Waals surface area contributed by atoms with Gasteiger partial charge >= 0.3 is 0 Å². The van der Waals surface area contributed by atoms with Crippen LogP contribution >= 0.6 is 22.6 Å². The average Bonchev–Trinajstić information content (AvgIpc) is 2.36. The van der Waals surface area contributed by atoms with Crippen LogP contribution in [0.15, 0.2) is 24.3 Å². The van der Waals surface area contributed by atoms with E-state index >= 15 is 0 Å². The number of fused-ring (bicyclic) bond motifs is 1. The monoisotopic (exact) mass is 303 g/mol.